The minimum atomic E-state index is -0.611. The van der Waals surface area contributed by atoms with Crippen molar-refractivity contribution in [2.75, 3.05) is 13.7 Å². The van der Waals surface area contributed by atoms with Crippen LogP contribution in [-0.4, -0.2) is 34.9 Å². The van der Waals surface area contributed by atoms with Crippen molar-refractivity contribution in [1.29, 1.82) is 0 Å². The summed E-state index contributed by atoms with van der Waals surface area (Å²) in [7, 11) is 1.61. The maximum Gasteiger partial charge on any atom is 0.232 e. The van der Waals surface area contributed by atoms with Crippen LogP contribution in [0.1, 0.15) is 23.7 Å². The second-order valence-electron chi connectivity index (χ2n) is 5.54. The van der Waals surface area contributed by atoms with Gasteiger partial charge >= 0.3 is 0 Å². The molecule has 0 saturated carbocycles. The van der Waals surface area contributed by atoms with E-state index in [2.05, 4.69) is 4.57 Å². The van der Waals surface area contributed by atoms with E-state index < -0.39 is 5.91 Å². The van der Waals surface area contributed by atoms with E-state index in [1.807, 2.05) is 42.6 Å². The fourth-order valence-corrected chi connectivity index (χ4v) is 3.06. The van der Waals surface area contributed by atoms with Crippen LogP contribution in [0, 0.1) is 0 Å². The number of amides is 2. The normalized spacial score (nSPS) is 16.7. The van der Waals surface area contributed by atoms with Crippen molar-refractivity contribution in [3.05, 3.63) is 53.9 Å². The van der Waals surface area contributed by atoms with Crippen LogP contribution in [0.4, 0.5) is 0 Å². The Morgan fingerprint density at radius 2 is 2.09 bits per heavy atom. The number of fused-ring (bicyclic) bond motifs is 1. The van der Waals surface area contributed by atoms with Crippen LogP contribution in [0.15, 0.2) is 42.6 Å². The van der Waals surface area contributed by atoms with Crippen LogP contribution in [-0.2, 0) is 16.1 Å². The molecule has 2 N–H and O–H groups in total. The molecule has 1 aliphatic heterocycles. The van der Waals surface area contributed by atoms with Gasteiger partial charge in [-0.05, 0) is 29.8 Å². The van der Waals surface area contributed by atoms with Crippen molar-refractivity contribution in [1.82, 2.24) is 9.47 Å². The Morgan fingerprint density at radius 3 is 2.83 bits per heavy atom. The Hall–Kier alpha value is -2.76. The zero-order chi connectivity index (χ0) is 16.4. The predicted molar refractivity (Wildman–Crippen MR) is 84.8 cm³/mol. The molecular formula is C17H19N3O3. The molecule has 0 aliphatic carbocycles. The number of hydrogen-bond acceptors (Lipinski definition) is 3. The Morgan fingerprint density at radius 1 is 1.26 bits per heavy atom. The van der Waals surface area contributed by atoms with Crippen LogP contribution in [0.2, 0.25) is 0 Å². The summed E-state index contributed by atoms with van der Waals surface area (Å²) in [5, 5.41) is 0. The number of hydrogen-bond donors (Lipinski definition) is 1. The third-order valence-corrected chi connectivity index (χ3v) is 4.09. The van der Waals surface area contributed by atoms with Crippen molar-refractivity contribution >= 4 is 11.8 Å². The lowest BCUT2D eigenvalue weighted by atomic mass is 9.99. The molecule has 1 aromatic carbocycles. The van der Waals surface area contributed by atoms with Crippen LogP contribution in [0.5, 0.6) is 5.75 Å². The molecule has 0 fully saturated rings. The van der Waals surface area contributed by atoms with Crippen LogP contribution >= 0.6 is 0 Å². The van der Waals surface area contributed by atoms with Crippen molar-refractivity contribution in [3.63, 3.8) is 0 Å². The van der Waals surface area contributed by atoms with Gasteiger partial charge in [-0.15, -0.1) is 0 Å². The molecule has 0 radical (unpaired) electrons. The quantitative estimate of drug-likeness (QED) is 0.864. The van der Waals surface area contributed by atoms with Crippen molar-refractivity contribution in [2.24, 2.45) is 5.73 Å². The first-order valence-corrected chi connectivity index (χ1v) is 7.47. The summed E-state index contributed by atoms with van der Waals surface area (Å²) in [5.74, 6) is -0.133. The summed E-state index contributed by atoms with van der Waals surface area (Å²) >= 11 is 0. The molecule has 2 aromatic rings. The third kappa shape index (κ3) is 2.92. The average molecular weight is 313 g/mol. The zero-order valence-electron chi connectivity index (χ0n) is 12.9. The number of benzene rings is 1. The van der Waals surface area contributed by atoms with Gasteiger partial charge in [0.2, 0.25) is 11.8 Å². The minimum Gasteiger partial charge on any atom is -0.497 e. The Labute approximate surface area is 134 Å². The van der Waals surface area contributed by atoms with Crippen LogP contribution in [0.3, 0.4) is 0 Å². The van der Waals surface area contributed by atoms with Gasteiger partial charge < -0.3 is 19.9 Å². The topological polar surface area (TPSA) is 77.6 Å². The Bertz CT molecular complexity index is 738. The molecular weight excluding hydrogens is 294 g/mol. The predicted octanol–water partition coefficient (Wildman–Crippen LogP) is 1.30. The first-order valence-electron chi connectivity index (χ1n) is 7.47. The molecule has 1 aliphatic rings. The number of carbonyl (C=O) groups is 2. The number of methoxy groups -OCH3 is 1. The third-order valence-electron chi connectivity index (χ3n) is 4.09. The van der Waals surface area contributed by atoms with Gasteiger partial charge in [-0.2, -0.15) is 0 Å². The van der Waals surface area contributed by atoms with Gasteiger partial charge in [0.25, 0.3) is 0 Å². The molecule has 23 heavy (non-hydrogen) atoms. The van der Waals surface area contributed by atoms with E-state index >= 15 is 0 Å². The monoisotopic (exact) mass is 313 g/mol. The summed E-state index contributed by atoms with van der Waals surface area (Å²) in [4.78, 5) is 25.3. The molecule has 1 atom stereocenters. The molecule has 1 aromatic heterocycles. The summed E-state index contributed by atoms with van der Waals surface area (Å²) in [6.45, 7) is 1.24. The van der Waals surface area contributed by atoms with E-state index in [1.165, 1.54) is 0 Å². The maximum atomic E-state index is 12.5. The number of nitrogens with zero attached hydrogens (tertiary/aromatic N) is 2. The van der Waals surface area contributed by atoms with Crippen molar-refractivity contribution in [3.8, 4) is 5.75 Å². The highest BCUT2D eigenvalue weighted by atomic mass is 16.5. The highest BCUT2D eigenvalue weighted by Gasteiger charge is 2.32. The highest BCUT2D eigenvalue weighted by molar-refractivity contribution is 5.96. The van der Waals surface area contributed by atoms with E-state index in [-0.39, 0.29) is 18.4 Å². The number of ether oxygens (including phenoxy) is 1. The molecule has 0 spiro atoms. The molecule has 6 nitrogen and oxygen atoms in total. The minimum absolute atomic E-state index is 0.249. The van der Waals surface area contributed by atoms with Gasteiger partial charge in [0, 0.05) is 25.0 Å². The first kappa shape index (κ1) is 15.1. The Kier molecular flexibility index (Phi) is 4.06. The molecule has 6 heteroatoms. The summed E-state index contributed by atoms with van der Waals surface area (Å²) in [6, 6.07) is 11.3. The van der Waals surface area contributed by atoms with Gasteiger partial charge in [-0.1, -0.05) is 12.1 Å². The molecule has 0 saturated heterocycles. The van der Waals surface area contributed by atoms with Gasteiger partial charge in [-0.3, -0.25) is 9.59 Å². The molecule has 2 heterocycles. The van der Waals surface area contributed by atoms with Gasteiger partial charge in [-0.25, -0.2) is 0 Å². The van der Waals surface area contributed by atoms with Gasteiger partial charge in [0.05, 0.1) is 13.2 Å². The summed E-state index contributed by atoms with van der Waals surface area (Å²) in [5.41, 5.74) is 7.15. The Balaban J connectivity index is 2.03. The standard InChI is InChI=1S/C17H19N3O3/c1-23-13-5-2-4-12(10-13)17-14-6-3-7-19(14)8-9-20(17)16(22)11-15(18)21/h2-7,10,17H,8-9,11H2,1H3,(H2,18,21)/t17-/m1/s1. The lowest BCUT2D eigenvalue weighted by Crippen LogP contribution is -2.43. The molecule has 120 valence electrons. The summed E-state index contributed by atoms with van der Waals surface area (Å²) in [6.07, 6.45) is 1.72. The second-order valence-corrected chi connectivity index (χ2v) is 5.54. The van der Waals surface area contributed by atoms with E-state index in [1.54, 1.807) is 12.0 Å². The number of nitrogens with two attached hydrogens (primary N) is 1. The number of rotatable bonds is 4. The van der Waals surface area contributed by atoms with Crippen LogP contribution in [0.25, 0.3) is 0 Å². The fourth-order valence-electron chi connectivity index (χ4n) is 3.06. The number of aromatic nitrogens is 1. The lowest BCUT2D eigenvalue weighted by molar-refractivity contribution is -0.137. The zero-order valence-corrected chi connectivity index (χ0v) is 12.9. The van der Waals surface area contributed by atoms with Crippen molar-refractivity contribution < 1.29 is 14.3 Å². The SMILES string of the molecule is COc1cccc([C@@H]2c3cccn3CCN2C(=O)CC(N)=O)c1. The summed E-state index contributed by atoms with van der Waals surface area (Å²) < 4.78 is 7.41. The van der Waals surface area contributed by atoms with E-state index in [0.29, 0.717) is 13.1 Å². The molecule has 3 rings (SSSR count). The fraction of sp³-hybridized carbons (Fsp3) is 0.294. The average Bonchev–Trinajstić information content (AvgIpc) is 3.01. The smallest absolute Gasteiger partial charge is 0.232 e. The van der Waals surface area contributed by atoms with Crippen molar-refractivity contribution in [2.45, 2.75) is 19.0 Å². The second kappa shape index (κ2) is 6.16. The lowest BCUT2D eigenvalue weighted by Gasteiger charge is -2.37. The largest absolute Gasteiger partial charge is 0.497 e. The van der Waals surface area contributed by atoms with E-state index in [9.17, 15) is 9.59 Å². The number of primary amides is 1. The molecule has 2 amide bonds. The van der Waals surface area contributed by atoms with Gasteiger partial charge in [0.15, 0.2) is 0 Å². The molecule has 0 unspecified atom stereocenters. The van der Waals surface area contributed by atoms with E-state index in [4.69, 9.17) is 10.5 Å². The maximum absolute atomic E-state index is 12.5. The molecule has 0 bridgehead atoms. The van der Waals surface area contributed by atoms with E-state index in [0.717, 1.165) is 17.0 Å². The highest BCUT2D eigenvalue weighted by Crippen LogP contribution is 2.34. The van der Waals surface area contributed by atoms with Gasteiger partial charge in [0.1, 0.15) is 12.2 Å². The van der Waals surface area contributed by atoms with Crippen LogP contribution < -0.4 is 10.5 Å². The first-order chi connectivity index (χ1) is 11.1. The number of carbonyl (C=O) groups excluding carboxylic acids is 2.